The third kappa shape index (κ3) is 2.99. The Morgan fingerprint density at radius 3 is 2.47 bits per heavy atom. The molecule has 2 heterocycles. The maximum atomic E-state index is 11.3. The molecule has 2 rings (SSSR count). The molecule has 0 aromatic carbocycles. The molecule has 0 radical (unpaired) electrons. The molecule has 0 saturated carbocycles. The number of amides is 1. The van der Waals surface area contributed by atoms with E-state index in [4.69, 9.17) is 5.26 Å². The van der Waals surface area contributed by atoms with Crippen molar-refractivity contribution in [2.45, 2.75) is 25.8 Å². The highest BCUT2D eigenvalue weighted by Gasteiger charge is 2.24. The standard InChI is InChI=1S/C13H17N5O/c1-10(19)17(2)12-3-5-18(6-4-12)13-15-8-11(7-14)9-16-13/h8-9,12H,3-6H2,1-2H3. The summed E-state index contributed by atoms with van der Waals surface area (Å²) in [6, 6.07) is 2.30. The minimum atomic E-state index is 0.105. The third-order valence-corrected chi connectivity index (χ3v) is 3.56. The van der Waals surface area contributed by atoms with Gasteiger partial charge < -0.3 is 9.80 Å². The monoisotopic (exact) mass is 259 g/mol. The van der Waals surface area contributed by atoms with Crippen LogP contribution in [0.1, 0.15) is 25.3 Å². The second-order valence-corrected chi connectivity index (χ2v) is 4.73. The molecule has 0 bridgehead atoms. The zero-order chi connectivity index (χ0) is 13.8. The molecular formula is C13H17N5O. The van der Waals surface area contributed by atoms with Gasteiger partial charge >= 0.3 is 0 Å². The number of hydrogen-bond acceptors (Lipinski definition) is 5. The van der Waals surface area contributed by atoms with Crippen LogP contribution in [0.15, 0.2) is 12.4 Å². The van der Waals surface area contributed by atoms with Crippen LogP contribution in [0.5, 0.6) is 0 Å². The predicted molar refractivity (Wildman–Crippen MR) is 70.4 cm³/mol. The fourth-order valence-corrected chi connectivity index (χ4v) is 2.25. The first-order valence-electron chi connectivity index (χ1n) is 6.32. The number of piperidine rings is 1. The van der Waals surface area contributed by atoms with Crippen molar-refractivity contribution in [3.63, 3.8) is 0 Å². The molecule has 100 valence electrons. The summed E-state index contributed by atoms with van der Waals surface area (Å²) in [5, 5.41) is 8.71. The molecule has 6 heteroatoms. The molecule has 1 fully saturated rings. The average Bonchev–Trinajstić information content (AvgIpc) is 2.46. The molecule has 0 aliphatic carbocycles. The Morgan fingerprint density at radius 1 is 1.42 bits per heavy atom. The lowest BCUT2D eigenvalue weighted by Gasteiger charge is -2.36. The van der Waals surface area contributed by atoms with Crippen LogP contribution >= 0.6 is 0 Å². The number of rotatable bonds is 2. The smallest absolute Gasteiger partial charge is 0.225 e. The maximum absolute atomic E-state index is 11.3. The number of hydrogen-bond donors (Lipinski definition) is 0. The van der Waals surface area contributed by atoms with Crippen LogP contribution < -0.4 is 4.90 Å². The number of carbonyl (C=O) groups excluding carboxylic acids is 1. The highest BCUT2D eigenvalue weighted by Crippen LogP contribution is 2.19. The van der Waals surface area contributed by atoms with Gasteiger partial charge in [0.05, 0.1) is 18.0 Å². The predicted octanol–water partition coefficient (Wildman–Crippen LogP) is 0.795. The van der Waals surface area contributed by atoms with Crippen LogP contribution in [-0.4, -0.2) is 47.0 Å². The van der Waals surface area contributed by atoms with E-state index >= 15 is 0 Å². The van der Waals surface area contributed by atoms with Crippen LogP contribution in [0.4, 0.5) is 5.95 Å². The summed E-state index contributed by atoms with van der Waals surface area (Å²) in [7, 11) is 1.85. The van der Waals surface area contributed by atoms with Gasteiger partial charge in [-0.1, -0.05) is 0 Å². The van der Waals surface area contributed by atoms with E-state index in [2.05, 4.69) is 14.9 Å². The normalized spacial score (nSPS) is 15.9. The lowest BCUT2D eigenvalue weighted by molar-refractivity contribution is -0.129. The van der Waals surface area contributed by atoms with Gasteiger partial charge in [-0.15, -0.1) is 0 Å². The molecule has 1 aliphatic heterocycles. The van der Waals surface area contributed by atoms with Crippen molar-refractivity contribution in [1.82, 2.24) is 14.9 Å². The molecule has 1 amide bonds. The fourth-order valence-electron chi connectivity index (χ4n) is 2.25. The number of anilines is 1. The van der Waals surface area contributed by atoms with Crippen molar-refractivity contribution < 1.29 is 4.79 Å². The van der Waals surface area contributed by atoms with Crippen molar-refractivity contribution in [1.29, 1.82) is 5.26 Å². The Kier molecular flexibility index (Phi) is 3.95. The van der Waals surface area contributed by atoms with Crippen LogP contribution in [0.2, 0.25) is 0 Å². The van der Waals surface area contributed by atoms with Crippen molar-refractivity contribution >= 4 is 11.9 Å². The zero-order valence-electron chi connectivity index (χ0n) is 11.2. The number of nitrogens with zero attached hydrogens (tertiary/aromatic N) is 5. The lowest BCUT2D eigenvalue weighted by atomic mass is 10.0. The van der Waals surface area contributed by atoms with Gasteiger partial charge in [0, 0.05) is 33.1 Å². The summed E-state index contributed by atoms with van der Waals surface area (Å²) in [6.07, 6.45) is 4.91. The first-order chi connectivity index (χ1) is 9.11. The second kappa shape index (κ2) is 5.65. The van der Waals surface area contributed by atoms with E-state index in [1.165, 1.54) is 12.4 Å². The molecule has 0 atom stereocenters. The molecule has 19 heavy (non-hydrogen) atoms. The summed E-state index contributed by atoms with van der Waals surface area (Å²) in [6.45, 7) is 3.25. The molecule has 0 spiro atoms. The van der Waals surface area contributed by atoms with Crippen LogP contribution in [0.3, 0.4) is 0 Å². The molecule has 0 unspecified atom stereocenters. The van der Waals surface area contributed by atoms with E-state index in [-0.39, 0.29) is 5.91 Å². The van der Waals surface area contributed by atoms with Crippen molar-refractivity contribution in [2.24, 2.45) is 0 Å². The summed E-state index contributed by atoms with van der Waals surface area (Å²) >= 11 is 0. The number of nitriles is 1. The third-order valence-electron chi connectivity index (χ3n) is 3.56. The Labute approximate surface area is 112 Å². The summed E-state index contributed by atoms with van der Waals surface area (Å²) in [5.74, 6) is 0.760. The molecule has 1 aliphatic rings. The van der Waals surface area contributed by atoms with E-state index in [0.717, 1.165) is 25.9 Å². The van der Waals surface area contributed by atoms with Gasteiger partial charge in [-0.25, -0.2) is 9.97 Å². The molecule has 1 aromatic heterocycles. The summed E-state index contributed by atoms with van der Waals surface area (Å²) in [4.78, 5) is 23.6. The van der Waals surface area contributed by atoms with Gasteiger partial charge in [-0.3, -0.25) is 4.79 Å². The summed E-state index contributed by atoms with van der Waals surface area (Å²) in [5.41, 5.74) is 0.468. The van der Waals surface area contributed by atoms with E-state index in [1.54, 1.807) is 11.8 Å². The Morgan fingerprint density at radius 2 is 2.00 bits per heavy atom. The second-order valence-electron chi connectivity index (χ2n) is 4.73. The fraction of sp³-hybridized carbons (Fsp3) is 0.538. The molecule has 1 aromatic rings. The van der Waals surface area contributed by atoms with E-state index < -0.39 is 0 Å². The summed E-state index contributed by atoms with van der Waals surface area (Å²) < 4.78 is 0. The highest BCUT2D eigenvalue weighted by molar-refractivity contribution is 5.73. The Balaban J connectivity index is 1.96. The van der Waals surface area contributed by atoms with Crippen LogP contribution in [0, 0.1) is 11.3 Å². The lowest BCUT2D eigenvalue weighted by Crippen LogP contribution is -2.45. The minimum absolute atomic E-state index is 0.105. The van der Waals surface area contributed by atoms with Gasteiger partial charge in [0.2, 0.25) is 11.9 Å². The van der Waals surface area contributed by atoms with Gasteiger partial charge in [0.1, 0.15) is 6.07 Å². The SMILES string of the molecule is CC(=O)N(C)C1CCN(c2ncc(C#N)cn2)CC1. The zero-order valence-corrected chi connectivity index (χ0v) is 11.2. The van der Waals surface area contributed by atoms with E-state index in [0.29, 0.717) is 17.6 Å². The molecule has 0 N–H and O–H groups in total. The number of carbonyl (C=O) groups is 1. The first kappa shape index (κ1) is 13.3. The van der Waals surface area contributed by atoms with Gasteiger partial charge in [0.25, 0.3) is 0 Å². The van der Waals surface area contributed by atoms with Crippen LogP contribution in [0.25, 0.3) is 0 Å². The van der Waals surface area contributed by atoms with E-state index in [9.17, 15) is 4.79 Å². The molecule has 6 nitrogen and oxygen atoms in total. The highest BCUT2D eigenvalue weighted by atomic mass is 16.2. The van der Waals surface area contributed by atoms with Crippen molar-refractivity contribution in [2.75, 3.05) is 25.0 Å². The Bertz CT molecular complexity index is 485. The van der Waals surface area contributed by atoms with Crippen molar-refractivity contribution in [3.8, 4) is 6.07 Å². The first-order valence-corrected chi connectivity index (χ1v) is 6.32. The van der Waals surface area contributed by atoms with Crippen LogP contribution in [-0.2, 0) is 4.79 Å². The van der Waals surface area contributed by atoms with E-state index in [1.807, 2.05) is 13.1 Å². The molecule has 1 saturated heterocycles. The quantitative estimate of drug-likeness (QED) is 0.785. The maximum Gasteiger partial charge on any atom is 0.225 e. The van der Waals surface area contributed by atoms with Gasteiger partial charge in [0.15, 0.2) is 0 Å². The topological polar surface area (TPSA) is 73.1 Å². The van der Waals surface area contributed by atoms with Crippen molar-refractivity contribution in [3.05, 3.63) is 18.0 Å². The minimum Gasteiger partial charge on any atom is -0.343 e. The Hall–Kier alpha value is -2.16. The van der Waals surface area contributed by atoms with Gasteiger partial charge in [-0.2, -0.15) is 5.26 Å². The largest absolute Gasteiger partial charge is 0.343 e. The average molecular weight is 259 g/mol. The molecular weight excluding hydrogens is 242 g/mol. The number of aromatic nitrogens is 2. The van der Waals surface area contributed by atoms with Gasteiger partial charge in [-0.05, 0) is 12.8 Å².